The van der Waals surface area contributed by atoms with Gasteiger partial charge in [0.15, 0.2) is 0 Å². The molecule has 0 atom stereocenters. The van der Waals surface area contributed by atoms with E-state index in [0.717, 1.165) is 66.3 Å². The van der Waals surface area contributed by atoms with E-state index >= 15 is 0 Å². The molecule has 3 aromatic rings. The van der Waals surface area contributed by atoms with E-state index in [-0.39, 0.29) is 17.0 Å². The predicted molar refractivity (Wildman–Crippen MR) is 120 cm³/mol. The molecule has 2 aromatic carbocycles. The van der Waals surface area contributed by atoms with E-state index in [4.69, 9.17) is 4.74 Å². The number of para-hydroxylation sites is 1. The number of morpholine rings is 1. The Labute approximate surface area is 192 Å². The van der Waals surface area contributed by atoms with Gasteiger partial charge in [0, 0.05) is 12.2 Å². The number of ether oxygens (including phenoxy) is 1. The normalized spacial score (nSPS) is 15.9. The number of anilines is 1. The van der Waals surface area contributed by atoms with E-state index in [1.165, 1.54) is 5.69 Å². The molecule has 8 heteroatoms. The summed E-state index contributed by atoms with van der Waals surface area (Å²) < 4.78 is 7.74. The monoisotopic (exact) mass is 489 g/mol. The molecule has 0 aliphatic carbocycles. The van der Waals surface area contributed by atoms with Gasteiger partial charge in [-0.2, -0.15) is 0 Å². The second kappa shape index (κ2) is 10.4. The number of nitrogens with zero attached hydrogens (tertiary/aromatic N) is 5. The first-order valence-electron chi connectivity index (χ1n) is 10.2. The lowest BCUT2D eigenvalue weighted by molar-refractivity contribution is -0.915. The molecule has 1 aliphatic heterocycles. The molecule has 160 valence electrons. The van der Waals surface area contributed by atoms with Crippen molar-refractivity contribution >= 4 is 38.1 Å². The van der Waals surface area contributed by atoms with Crippen LogP contribution in [0, 0.1) is 0 Å². The third-order valence-corrected chi connectivity index (χ3v) is 6.51. The van der Waals surface area contributed by atoms with E-state index in [9.17, 15) is 0 Å². The number of hydrogen-bond donors (Lipinski definition) is 0. The lowest BCUT2D eigenvalue weighted by atomic mass is 10.2. The fourth-order valence-corrected chi connectivity index (χ4v) is 4.36. The maximum Gasteiger partial charge on any atom is 0.231 e. The van der Waals surface area contributed by atoms with Gasteiger partial charge < -0.3 is 31.1 Å². The summed E-state index contributed by atoms with van der Waals surface area (Å²) >= 11 is 1.56. The van der Waals surface area contributed by atoms with E-state index in [1.807, 2.05) is 30.3 Å². The van der Waals surface area contributed by atoms with E-state index in [0.29, 0.717) is 5.13 Å². The summed E-state index contributed by atoms with van der Waals surface area (Å²) in [6.07, 6.45) is 0. The summed E-state index contributed by atoms with van der Waals surface area (Å²) in [4.78, 5) is 6.93. The summed E-state index contributed by atoms with van der Waals surface area (Å²) in [5.41, 5.74) is 3.04. The minimum Gasteiger partial charge on any atom is -1.00 e. The van der Waals surface area contributed by atoms with E-state index in [2.05, 4.69) is 52.3 Å². The standard InChI is InChI=1S/C22H28N5OS.BrH/c1-3-26(12-13-27(2)14-16-28-17-15-27)19-10-8-18(9-11-19)24-25-22-23-20-6-4-5-7-21(20)29-22;/h4-11H,3,12-17H2,1-2H3;1H/q+1;/p-1. The number of likely N-dealkylation sites (N-methyl/N-ethyl adjacent to an activating group) is 2. The van der Waals surface area contributed by atoms with Crippen molar-refractivity contribution < 1.29 is 26.2 Å². The van der Waals surface area contributed by atoms with Crippen molar-refractivity contribution in [2.75, 3.05) is 57.9 Å². The molecule has 2 heterocycles. The van der Waals surface area contributed by atoms with Crippen LogP contribution in [0.25, 0.3) is 10.2 Å². The van der Waals surface area contributed by atoms with E-state index in [1.54, 1.807) is 11.3 Å². The number of benzene rings is 2. The number of fused-ring (bicyclic) bond motifs is 1. The first-order chi connectivity index (χ1) is 14.1. The first-order valence-corrected chi connectivity index (χ1v) is 11.0. The Morgan fingerprint density at radius 1 is 1.07 bits per heavy atom. The Bertz CT molecular complexity index is 936. The average Bonchev–Trinajstić information content (AvgIpc) is 3.17. The lowest BCUT2D eigenvalue weighted by Crippen LogP contribution is -3.00. The number of hydrogen-bond acceptors (Lipinski definition) is 6. The zero-order valence-electron chi connectivity index (χ0n) is 17.5. The highest BCUT2D eigenvalue weighted by atomic mass is 79.9. The van der Waals surface area contributed by atoms with Gasteiger partial charge >= 0.3 is 0 Å². The third kappa shape index (κ3) is 5.63. The number of quaternary nitrogens is 1. The smallest absolute Gasteiger partial charge is 0.231 e. The van der Waals surface area contributed by atoms with Crippen molar-refractivity contribution in [2.45, 2.75) is 6.92 Å². The summed E-state index contributed by atoms with van der Waals surface area (Å²) in [6.45, 7) is 9.32. The molecule has 0 N–H and O–H groups in total. The topological polar surface area (TPSA) is 50.1 Å². The molecular weight excluding hydrogens is 462 g/mol. The Kier molecular flexibility index (Phi) is 7.93. The molecule has 0 spiro atoms. The van der Waals surface area contributed by atoms with Crippen LogP contribution < -0.4 is 21.9 Å². The molecule has 1 fully saturated rings. The quantitative estimate of drug-likeness (QED) is 0.376. The van der Waals surface area contributed by atoms with Crippen LogP contribution in [0.4, 0.5) is 16.5 Å². The highest BCUT2D eigenvalue weighted by molar-refractivity contribution is 7.21. The molecule has 1 saturated heterocycles. The van der Waals surface area contributed by atoms with E-state index < -0.39 is 0 Å². The van der Waals surface area contributed by atoms with Gasteiger partial charge in [-0.05, 0) is 43.3 Å². The van der Waals surface area contributed by atoms with Gasteiger partial charge in [-0.3, -0.25) is 0 Å². The number of azo groups is 1. The van der Waals surface area contributed by atoms with Gasteiger partial charge in [-0.1, -0.05) is 23.5 Å². The number of aromatic nitrogens is 1. The Balaban J connectivity index is 0.00000256. The fraction of sp³-hybridized carbons (Fsp3) is 0.409. The summed E-state index contributed by atoms with van der Waals surface area (Å²) in [6, 6.07) is 16.4. The zero-order chi connectivity index (χ0) is 20.1. The second-order valence-corrected chi connectivity index (χ2v) is 8.67. The molecule has 0 radical (unpaired) electrons. The predicted octanol–water partition coefficient (Wildman–Crippen LogP) is 2.02. The molecule has 6 nitrogen and oxygen atoms in total. The van der Waals surface area contributed by atoms with Gasteiger partial charge in [0.1, 0.15) is 13.1 Å². The minimum absolute atomic E-state index is 0. The van der Waals surface area contributed by atoms with Gasteiger partial charge in [0.2, 0.25) is 5.13 Å². The van der Waals surface area contributed by atoms with Crippen LogP contribution in [0.1, 0.15) is 6.92 Å². The lowest BCUT2D eigenvalue weighted by Gasteiger charge is -2.39. The van der Waals surface area contributed by atoms with Crippen molar-refractivity contribution in [1.29, 1.82) is 0 Å². The molecule has 1 aromatic heterocycles. The molecule has 30 heavy (non-hydrogen) atoms. The van der Waals surface area contributed by atoms with Crippen molar-refractivity contribution in [2.24, 2.45) is 10.2 Å². The Hall–Kier alpha value is -1.87. The highest BCUT2D eigenvalue weighted by Crippen LogP contribution is 2.29. The van der Waals surface area contributed by atoms with Crippen LogP contribution in [0.2, 0.25) is 0 Å². The largest absolute Gasteiger partial charge is 1.00 e. The van der Waals surface area contributed by atoms with Crippen molar-refractivity contribution in [3.05, 3.63) is 48.5 Å². The maximum atomic E-state index is 5.52. The number of thiazole rings is 1. The van der Waals surface area contributed by atoms with Crippen molar-refractivity contribution in [1.82, 2.24) is 4.98 Å². The molecule has 0 bridgehead atoms. The summed E-state index contributed by atoms with van der Waals surface area (Å²) in [7, 11) is 2.34. The molecular formula is C22H28BrN5OS. The Morgan fingerprint density at radius 2 is 1.80 bits per heavy atom. The molecule has 0 unspecified atom stereocenters. The number of rotatable bonds is 7. The molecule has 0 amide bonds. The van der Waals surface area contributed by atoms with Crippen molar-refractivity contribution in [3.63, 3.8) is 0 Å². The Morgan fingerprint density at radius 3 is 2.50 bits per heavy atom. The van der Waals surface area contributed by atoms with Crippen molar-refractivity contribution in [3.8, 4) is 0 Å². The molecule has 4 rings (SSSR count). The maximum absolute atomic E-state index is 5.52. The van der Waals surface area contributed by atoms with Crippen LogP contribution in [0.5, 0.6) is 0 Å². The third-order valence-electron chi connectivity index (χ3n) is 5.59. The molecule has 1 aliphatic rings. The highest BCUT2D eigenvalue weighted by Gasteiger charge is 2.25. The fourth-order valence-electron chi connectivity index (χ4n) is 3.57. The zero-order valence-corrected chi connectivity index (χ0v) is 19.9. The second-order valence-electron chi connectivity index (χ2n) is 7.66. The first kappa shape index (κ1) is 22.8. The molecule has 0 saturated carbocycles. The van der Waals surface area contributed by atoms with Crippen LogP contribution in [-0.4, -0.2) is 62.5 Å². The summed E-state index contributed by atoms with van der Waals surface area (Å²) in [5.74, 6) is 0. The van der Waals surface area contributed by atoms with Crippen LogP contribution in [0.15, 0.2) is 58.8 Å². The summed E-state index contributed by atoms with van der Waals surface area (Å²) in [5, 5.41) is 9.37. The van der Waals surface area contributed by atoms with Gasteiger partial charge in [0.05, 0.1) is 49.3 Å². The SMILES string of the molecule is CCN(CC[N+]1(C)CCOCC1)c1ccc(N=Nc2nc3ccccc3s2)cc1.[Br-]. The average molecular weight is 490 g/mol. The number of halogens is 1. The van der Waals surface area contributed by atoms with Gasteiger partial charge in [-0.25, -0.2) is 4.98 Å². The van der Waals surface area contributed by atoms with Crippen LogP contribution in [0.3, 0.4) is 0 Å². The van der Waals surface area contributed by atoms with Crippen LogP contribution in [-0.2, 0) is 4.74 Å². The van der Waals surface area contributed by atoms with Gasteiger partial charge in [-0.15, -0.1) is 10.2 Å². The minimum atomic E-state index is 0. The van der Waals surface area contributed by atoms with Gasteiger partial charge in [0.25, 0.3) is 0 Å². The van der Waals surface area contributed by atoms with Crippen LogP contribution >= 0.6 is 11.3 Å².